The van der Waals surface area contributed by atoms with Crippen molar-refractivity contribution in [3.8, 4) is 0 Å². The number of carbonyl (C=O) groups excluding carboxylic acids is 2. The predicted molar refractivity (Wildman–Crippen MR) is 90.2 cm³/mol. The van der Waals surface area contributed by atoms with E-state index in [0.29, 0.717) is 16.1 Å². The van der Waals surface area contributed by atoms with Gasteiger partial charge in [-0.25, -0.2) is 0 Å². The number of rotatable bonds is 5. The quantitative estimate of drug-likeness (QED) is 0.786. The van der Waals surface area contributed by atoms with Crippen LogP contribution in [0, 0.1) is 0 Å². The summed E-state index contributed by atoms with van der Waals surface area (Å²) >= 11 is 1.48. The van der Waals surface area contributed by atoms with Crippen molar-refractivity contribution in [2.75, 3.05) is 18.5 Å². The molecule has 0 atom stereocenters. The SMILES string of the molecule is O=C(Nc1sc2c(c1C(=O)NCCO)CCC2)c1ccccc1. The molecule has 0 unspecified atom stereocenters. The molecule has 23 heavy (non-hydrogen) atoms. The summed E-state index contributed by atoms with van der Waals surface area (Å²) in [5.74, 6) is -0.455. The minimum atomic E-state index is -0.234. The molecule has 5 nitrogen and oxygen atoms in total. The van der Waals surface area contributed by atoms with Crippen LogP contribution in [0.1, 0.15) is 37.6 Å². The van der Waals surface area contributed by atoms with Crippen LogP contribution >= 0.6 is 11.3 Å². The van der Waals surface area contributed by atoms with Crippen LogP contribution in [0.3, 0.4) is 0 Å². The molecule has 2 amide bonds. The highest BCUT2D eigenvalue weighted by atomic mass is 32.1. The number of aryl methyl sites for hydroxylation is 1. The van der Waals surface area contributed by atoms with Crippen LogP contribution in [-0.4, -0.2) is 30.1 Å². The lowest BCUT2D eigenvalue weighted by molar-refractivity contribution is 0.0945. The van der Waals surface area contributed by atoms with Crippen molar-refractivity contribution in [2.24, 2.45) is 0 Å². The molecule has 0 radical (unpaired) electrons. The average Bonchev–Trinajstić information content (AvgIpc) is 3.14. The number of thiophene rings is 1. The molecule has 1 heterocycles. The van der Waals surface area contributed by atoms with E-state index in [9.17, 15) is 9.59 Å². The molecule has 1 aliphatic carbocycles. The highest BCUT2D eigenvalue weighted by Gasteiger charge is 2.27. The number of anilines is 1. The first-order valence-corrected chi connectivity index (χ1v) is 8.42. The fourth-order valence-corrected chi connectivity index (χ4v) is 4.04. The third-order valence-electron chi connectivity index (χ3n) is 3.81. The molecule has 0 bridgehead atoms. The number of nitrogens with one attached hydrogen (secondary N) is 2. The Hall–Kier alpha value is -2.18. The first kappa shape index (κ1) is 15.7. The van der Waals surface area contributed by atoms with Crippen LogP contribution in [0.2, 0.25) is 0 Å². The minimum absolute atomic E-state index is 0.107. The zero-order valence-electron chi connectivity index (χ0n) is 12.6. The molecule has 1 aromatic carbocycles. The van der Waals surface area contributed by atoms with Crippen molar-refractivity contribution in [3.05, 3.63) is 51.9 Å². The molecule has 0 saturated heterocycles. The maximum absolute atomic E-state index is 12.4. The molecule has 120 valence electrons. The monoisotopic (exact) mass is 330 g/mol. The van der Waals surface area contributed by atoms with Gasteiger partial charge in [0.2, 0.25) is 0 Å². The number of aliphatic hydroxyl groups excluding tert-OH is 1. The molecule has 0 aliphatic heterocycles. The maximum Gasteiger partial charge on any atom is 0.256 e. The highest BCUT2D eigenvalue weighted by molar-refractivity contribution is 7.17. The zero-order chi connectivity index (χ0) is 16.2. The molecule has 1 aliphatic rings. The van der Waals surface area contributed by atoms with Gasteiger partial charge in [0.25, 0.3) is 11.8 Å². The van der Waals surface area contributed by atoms with E-state index in [2.05, 4.69) is 10.6 Å². The summed E-state index contributed by atoms with van der Waals surface area (Å²) < 4.78 is 0. The lowest BCUT2D eigenvalue weighted by Crippen LogP contribution is -2.28. The van der Waals surface area contributed by atoms with Crippen LogP contribution in [-0.2, 0) is 12.8 Å². The second kappa shape index (κ2) is 6.93. The Labute approximate surface area is 138 Å². The minimum Gasteiger partial charge on any atom is -0.395 e. The number of benzene rings is 1. The van der Waals surface area contributed by atoms with Gasteiger partial charge in [-0.2, -0.15) is 0 Å². The van der Waals surface area contributed by atoms with Crippen molar-refractivity contribution >= 4 is 28.2 Å². The Morgan fingerprint density at radius 2 is 1.91 bits per heavy atom. The van der Waals surface area contributed by atoms with E-state index in [1.54, 1.807) is 24.3 Å². The van der Waals surface area contributed by atoms with E-state index in [4.69, 9.17) is 5.11 Å². The topological polar surface area (TPSA) is 78.4 Å². The van der Waals surface area contributed by atoms with Crippen LogP contribution < -0.4 is 10.6 Å². The third-order valence-corrected chi connectivity index (χ3v) is 5.02. The predicted octanol–water partition coefficient (Wildman–Crippen LogP) is 2.21. The van der Waals surface area contributed by atoms with Crippen LogP contribution in [0.4, 0.5) is 5.00 Å². The van der Waals surface area contributed by atoms with Gasteiger partial charge in [-0.3, -0.25) is 9.59 Å². The molecule has 0 spiro atoms. The molecular formula is C17H18N2O3S. The van der Waals surface area contributed by atoms with Gasteiger partial charge in [0.15, 0.2) is 0 Å². The summed E-state index contributed by atoms with van der Waals surface area (Å²) in [5, 5.41) is 15.0. The van der Waals surface area contributed by atoms with Crippen molar-refractivity contribution in [2.45, 2.75) is 19.3 Å². The second-order valence-electron chi connectivity index (χ2n) is 5.36. The van der Waals surface area contributed by atoms with Gasteiger partial charge < -0.3 is 15.7 Å². The maximum atomic E-state index is 12.4. The average molecular weight is 330 g/mol. The number of carbonyl (C=O) groups is 2. The lowest BCUT2D eigenvalue weighted by atomic mass is 10.1. The Bertz CT molecular complexity index is 725. The normalized spacial score (nSPS) is 12.7. The van der Waals surface area contributed by atoms with Gasteiger partial charge in [-0.1, -0.05) is 18.2 Å². The fraction of sp³-hybridized carbons (Fsp3) is 0.294. The highest BCUT2D eigenvalue weighted by Crippen LogP contribution is 2.39. The van der Waals surface area contributed by atoms with Crippen LogP contribution in [0.25, 0.3) is 0 Å². The van der Waals surface area contributed by atoms with Crippen molar-refractivity contribution in [1.29, 1.82) is 0 Å². The number of hydrogen-bond donors (Lipinski definition) is 3. The van der Waals surface area contributed by atoms with E-state index < -0.39 is 0 Å². The number of fused-ring (bicyclic) bond motifs is 1. The Morgan fingerprint density at radius 1 is 1.13 bits per heavy atom. The van der Waals surface area contributed by atoms with Crippen molar-refractivity contribution in [1.82, 2.24) is 5.32 Å². The standard InChI is InChI=1S/C17H18N2O3S/c20-10-9-18-16(22)14-12-7-4-8-13(12)23-17(14)19-15(21)11-5-2-1-3-6-11/h1-3,5-6,20H,4,7-10H2,(H,18,22)(H,19,21). The molecular weight excluding hydrogens is 312 g/mol. The zero-order valence-corrected chi connectivity index (χ0v) is 13.4. The molecule has 0 fully saturated rings. The van der Waals surface area contributed by atoms with Crippen LogP contribution in [0.15, 0.2) is 30.3 Å². The first-order valence-electron chi connectivity index (χ1n) is 7.60. The van der Waals surface area contributed by atoms with E-state index in [1.165, 1.54) is 16.2 Å². The first-order chi connectivity index (χ1) is 11.2. The summed E-state index contributed by atoms with van der Waals surface area (Å²) in [4.78, 5) is 25.9. The summed E-state index contributed by atoms with van der Waals surface area (Å²) in [5.41, 5.74) is 2.15. The van der Waals surface area contributed by atoms with Crippen molar-refractivity contribution < 1.29 is 14.7 Å². The van der Waals surface area contributed by atoms with E-state index in [0.717, 1.165) is 24.8 Å². The Balaban J connectivity index is 1.87. The van der Waals surface area contributed by atoms with Crippen LogP contribution in [0.5, 0.6) is 0 Å². The van der Waals surface area contributed by atoms with Gasteiger partial charge in [0.1, 0.15) is 5.00 Å². The number of hydrogen-bond acceptors (Lipinski definition) is 4. The van der Waals surface area contributed by atoms with Gasteiger partial charge >= 0.3 is 0 Å². The molecule has 0 saturated carbocycles. The van der Waals surface area contributed by atoms with Gasteiger partial charge in [-0.05, 0) is 37.0 Å². The molecule has 3 rings (SSSR count). The smallest absolute Gasteiger partial charge is 0.256 e. The number of aliphatic hydroxyl groups is 1. The van der Waals surface area contributed by atoms with E-state index in [1.807, 2.05) is 6.07 Å². The third kappa shape index (κ3) is 3.28. The number of amides is 2. The summed E-state index contributed by atoms with van der Waals surface area (Å²) in [6.45, 7) is 0.0965. The van der Waals surface area contributed by atoms with E-state index >= 15 is 0 Å². The fourth-order valence-electron chi connectivity index (χ4n) is 2.76. The van der Waals surface area contributed by atoms with Gasteiger partial charge in [-0.15, -0.1) is 11.3 Å². The van der Waals surface area contributed by atoms with Gasteiger partial charge in [0.05, 0.1) is 12.2 Å². The van der Waals surface area contributed by atoms with Gasteiger partial charge in [0, 0.05) is 17.0 Å². The Morgan fingerprint density at radius 3 is 2.65 bits per heavy atom. The molecule has 6 heteroatoms. The second-order valence-corrected chi connectivity index (χ2v) is 6.47. The molecule has 2 aromatic rings. The molecule has 3 N–H and O–H groups in total. The van der Waals surface area contributed by atoms with Crippen molar-refractivity contribution in [3.63, 3.8) is 0 Å². The summed E-state index contributed by atoms with van der Waals surface area (Å²) in [6.07, 6.45) is 2.84. The molecule has 1 aromatic heterocycles. The lowest BCUT2D eigenvalue weighted by Gasteiger charge is -2.09. The Kier molecular flexibility index (Phi) is 4.73. The van der Waals surface area contributed by atoms with E-state index in [-0.39, 0.29) is 25.0 Å². The summed E-state index contributed by atoms with van der Waals surface area (Å²) in [6, 6.07) is 8.94. The summed E-state index contributed by atoms with van der Waals surface area (Å²) in [7, 11) is 0. The largest absolute Gasteiger partial charge is 0.395 e.